The number of thiophene rings is 1. The maximum absolute atomic E-state index is 12.6. The number of hydrogen-bond acceptors (Lipinski definition) is 4. The third kappa shape index (κ3) is 3.34. The van der Waals surface area contributed by atoms with Crippen LogP contribution < -0.4 is 5.73 Å². The van der Waals surface area contributed by atoms with Gasteiger partial charge >= 0.3 is 0 Å². The van der Waals surface area contributed by atoms with Gasteiger partial charge in [-0.25, -0.2) is 0 Å². The van der Waals surface area contributed by atoms with Gasteiger partial charge in [0.05, 0.1) is 10.6 Å². The Balaban J connectivity index is 0.00000176. The Labute approximate surface area is 140 Å². The Morgan fingerprint density at radius 3 is 3.09 bits per heavy atom. The quantitative estimate of drug-likeness (QED) is 0.902. The molecule has 120 valence electrons. The first kappa shape index (κ1) is 17.0. The maximum Gasteiger partial charge on any atom is 0.274 e. The highest BCUT2D eigenvalue weighted by molar-refractivity contribution is 7.13. The molecule has 1 aliphatic heterocycles. The average Bonchev–Trinajstić information content (AvgIpc) is 3.17. The van der Waals surface area contributed by atoms with E-state index in [-0.39, 0.29) is 24.4 Å². The molecule has 3 heterocycles. The number of amides is 1. The summed E-state index contributed by atoms with van der Waals surface area (Å²) in [5.74, 6) is 0.611. The molecular formula is C15H21ClN4OS. The van der Waals surface area contributed by atoms with Crippen molar-refractivity contribution >= 4 is 29.7 Å². The van der Waals surface area contributed by atoms with Crippen molar-refractivity contribution in [3.63, 3.8) is 0 Å². The van der Waals surface area contributed by atoms with E-state index >= 15 is 0 Å². The number of aromatic nitrogens is 2. The molecule has 0 aliphatic carbocycles. The molecule has 7 heteroatoms. The molecule has 2 atom stereocenters. The van der Waals surface area contributed by atoms with E-state index in [4.69, 9.17) is 5.73 Å². The van der Waals surface area contributed by atoms with Crippen LogP contribution in [0.25, 0.3) is 10.6 Å². The highest BCUT2D eigenvalue weighted by Gasteiger charge is 2.30. The van der Waals surface area contributed by atoms with E-state index in [9.17, 15) is 4.79 Å². The number of likely N-dealkylation sites (tertiary alicyclic amines) is 1. The molecule has 1 saturated heterocycles. The van der Waals surface area contributed by atoms with Crippen molar-refractivity contribution in [2.45, 2.75) is 25.8 Å². The van der Waals surface area contributed by atoms with Crippen LogP contribution in [0.4, 0.5) is 0 Å². The van der Waals surface area contributed by atoms with Crippen molar-refractivity contribution in [2.75, 3.05) is 13.1 Å². The number of nitrogens with one attached hydrogen (secondary N) is 1. The van der Waals surface area contributed by atoms with E-state index in [0.29, 0.717) is 18.2 Å². The standard InChI is InChI=1S/C15H20N4OS.ClH/c1-10-4-5-19(11(7-10)9-16)15(20)13-8-12(17-18-13)14-3-2-6-21-14;/h2-3,6,8,10-11H,4-5,7,9,16H2,1H3,(H,17,18);1H. The first-order chi connectivity index (χ1) is 10.2. The second kappa shape index (κ2) is 7.26. The zero-order chi connectivity index (χ0) is 14.8. The molecule has 1 fully saturated rings. The number of aromatic amines is 1. The molecule has 0 bridgehead atoms. The zero-order valence-electron chi connectivity index (χ0n) is 12.5. The largest absolute Gasteiger partial charge is 0.333 e. The SMILES string of the molecule is CC1CCN(C(=O)c2cc(-c3cccs3)[nH]n2)C(CN)C1.Cl. The van der Waals surface area contributed by atoms with Gasteiger partial charge < -0.3 is 10.6 Å². The summed E-state index contributed by atoms with van der Waals surface area (Å²) in [6.45, 7) is 3.50. The lowest BCUT2D eigenvalue weighted by Gasteiger charge is -2.37. The van der Waals surface area contributed by atoms with Crippen molar-refractivity contribution in [3.8, 4) is 10.6 Å². The first-order valence-corrected chi connectivity index (χ1v) is 8.17. The van der Waals surface area contributed by atoms with Gasteiger partial charge in [0.15, 0.2) is 5.69 Å². The first-order valence-electron chi connectivity index (χ1n) is 7.29. The Morgan fingerprint density at radius 2 is 2.41 bits per heavy atom. The fraction of sp³-hybridized carbons (Fsp3) is 0.467. The molecule has 0 spiro atoms. The number of halogens is 1. The van der Waals surface area contributed by atoms with Gasteiger partial charge in [0.1, 0.15) is 0 Å². The van der Waals surface area contributed by atoms with E-state index in [1.807, 2.05) is 28.5 Å². The van der Waals surface area contributed by atoms with E-state index in [2.05, 4.69) is 17.1 Å². The number of carbonyl (C=O) groups excluding carboxylic acids is 1. The molecule has 2 aromatic heterocycles. The smallest absolute Gasteiger partial charge is 0.274 e. The van der Waals surface area contributed by atoms with Crippen LogP contribution in [0.5, 0.6) is 0 Å². The summed E-state index contributed by atoms with van der Waals surface area (Å²) >= 11 is 1.63. The Kier molecular flexibility index (Phi) is 5.61. The van der Waals surface area contributed by atoms with E-state index < -0.39 is 0 Å². The van der Waals surface area contributed by atoms with Gasteiger partial charge in [-0.1, -0.05) is 13.0 Å². The van der Waals surface area contributed by atoms with Crippen molar-refractivity contribution in [3.05, 3.63) is 29.3 Å². The van der Waals surface area contributed by atoms with Crippen molar-refractivity contribution in [1.29, 1.82) is 0 Å². The van der Waals surface area contributed by atoms with E-state index in [0.717, 1.165) is 30.0 Å². The molecule has 0 aromatic carbocycles. The van der Waals surface area contributed by atoms with Crippen LogP contribution in [0.2, 0.25) is 0 Å². The maximum atomic E-state index is 12.6. The molecule has 3 N–H and O–H groups in total. The van der Waals surface area contributed by atoms with E-state index in [1.54, 1.807) is 11.3 Å². The van der Waals surface area contributed by atoms with Crippen molar-refractivity contribution in [2.24, 2.45) is 11.7 Å². The molecule has 0 saturated carbocycles. The van der Waals surface area contributed by atoms with Gasteiger partial charge in [0.2, 0.25) is 0 Å². The lowest BCUT2D eigenvalue weighted by Crippen LogP contribution is -2.49. The van der Waals surface area contributed by atoms with Crippen LogP contribution in [-0.4, -0.2) is 40.1 Å². The topological polar surface area (TPSA) is 75.0 Å². The van der Waals surface area contributed by atoms with Gasteiger partial charge in [-0.3, -0.25) is 9.89 Å². The summed E-state index contributed by atoms with van der Waals surface area (Å²) < 4.78 is 0. The third-order valence-corrected chi connectivity index (χ3v) is 5.00. The number of nitrogens with zero attached hydrogens (tertiary/aromatic N) is 2. The van der Waals surface area contributed by atoms with Gasteiger partial charge in [-0.05, 0) is 36.3 Å². The van der Waals surface area contributed by atoms with E-state index in [1.165, 1.54) is 0 Å². The highest BCUT2D eigenvalue weighted by Crippen LogP contribution is 2.26. The predicted octanol–water partition coefficient (Wildman–Crippen LogP) is 2.76. The van der Waals surface area contributed by atoms with Crippen LogP contribution in [-0.2, 0) is 0 Å². The number of carbonyl (C=O) groups is 1. The lowest BCUT2D eigenvalue weighted by molar-refractivity contribution is 0.0567. The molecule has 3 rings (SSSR count). The minimum absolute atomic E-state index is 0. The number of hydrogen-bond donors (Lipinski definition) is 2. The molecule has 2 unspecified atom stereocenters. The van der Waals surface area contributed by atoms with Crippen LogP contribution >= 0.6 is 23.7 Å². The highest BCUT2D eigenvalue weighted by atomic mass is 35.5. The molecule has 1 aliphatic rings. The molecule has 22 heavy (non-hydrogen) atoms. The zero-order valence-corrected chi connectivity index (χ0v) is 14.1. The second-order valence-electron chi connectivity index (χ2n) is 5.66. The summed E-state index contributed by atoms with van der Waals surface area (Å²) in [4.78, 5) is 15.6. The van der Waals surface area contributed by atoms with Gasteiger partial charge in [0, 0.05) is 19.1 Å². The minimum atomic E-state index is -0.0172. The summed E-state index contributed by atoms with van der Waals surface area (Å²) in [5.41, 5.74) is 7.20. The Morgan fingerprint density at radius 1 is 1.59 bits per heavy atom. The average molecular weight is 341 g/mol. The van der Waals surface area contributed by atoms with Gasteiger partial charge in [-0.15, -0.1) is 23.7 Å². The molecule has 5 nitrogen and oxygen atoms in total. The fourth-order valence-corrected chi connectivity index (χ4v) is 3.57. The Hall–Kier alpha value is -1.37. The lowest BCUT2D eigenvalue weighted by atomic mass is 9.92. The number of H-pyrrole nitrogens is 1. The van der Waals surface area contributed by atoms with Crippen LogP contribution in [0.15, 0.2) is 23.6 Å². The molecule has 0 radical (unpaired) electrons. The number of nitrogens with two attached hydrogens (primary N) is 1. The van der Waals surface area contributed by atoms with Crippen LogP contribution in [0.3, 0.4) is 0 Å². The Bertz CT molecular complexity index is 613. The summed E-state index contributed by atoms with van der Waals surface area (Å²) in [6.07, 6.45) is 2.01. The molecule has 2 aromatic rings. The molecule has 1 amide bonds. The summed E-state index contributed by atoms with van der Waals surface area (Å²) in [6, 6.07) is 5.96. The van der Waals surface area contributed by atoms with Crippen molar-refractivity contribution in [1.82, 2.24) is 15.1 Å². The molecular weight excluding hydrogens is 320 g/mol. The number of rotatable bonds is 3. The predicted molar refractivity (Wildman–Crippen MR) is 91.4 cm³/mol. The summed E-state index contributed by atoms with van der Waals surface area (Å²) in [7, 11) is 0. The van der Waals surface area contributed by atoms with Crippen molar-refractivity contribution < 1.29 is 4.79 Å². The van der Waals surface area contributed by atoms with Gasteiger partial charge in [-0.2, -0.15) is 5.10 Å². The van der Waals surface area contributed by atoms with Crippen LogP contribution in [0.1, 0.15) is 30.3 Å². The minimum Gasteiger partial charge on any atom is -0.333 e. The second-order valence-corrected chi connectivity index (χ2v) is 6.61. The summed E-state index contributed by atoms with van der Waals surface area (Å²) in [5, 5.41) is 9.14. The third-order valence-electron chi connectivity index (χ3n) is 4.09. The fourth-order valence-electron chi connectivity index (χ4n) is 2.88. The van der Waals surface area contributed by atoms with Gasteiger partial charge in [0.25, 0.3) is 5.91 Å². The normalized spacial score (nSPS) is 21.5. The number of piperidine rings is 1. The monoisotopic (exact) mass is 340 g/mol. The van der Waals surface area contributed by atoms with Crippen LogP contribution in [0, 0.1) is 5.92 Å².